The number of amides is 1. The largest absolute Gasteiger partial charge is 0.423 e. The highest BCUT2D eigenvalue weighted by Crippen LogP contribution is 2.22. The molecule has 1 fully saturated rings. The second-order valence-electron chi connectivity index (χ2n) is 5.06. The number of nitrogens with two attached hydrogens (primary N) is 1. The van der Waals surface area contributed by atoms with Crippen LogP contribution in [0.15, 0.2) is 39.5 Å². The number of carbonyl (C=O) groups is 1. The van der Waals surface area contributed by atoms with Crippen molar-refractivity contribution in [2.24, 2.45) is 5.73 Å². The van der Waals surface area contributed by atoms with Gasteiger partial charge in [0.15, 0.2) is 0 Å². The van der Waals surface area contributed by atoms with Crippen LogP contribution in [0.25, 0.3) is 11.0 Å². The molecule has 0 spiro atoms. The lowest BCUT2D eigenvalue weighted by molar-refractivity contribution is -0.126. The summed E-state index contributed by atoms with van der Waals surface area (Å²) >= 11 is 0. The number of ether oxygens (including phenoxy) is 1. The van der Waals surface area contributed by atoms with Crippen molar-refractivity contribution in [3.8, 4) is 0 Å². The Morgan fingerprint density at radius 3 is 2.90 bits per heavy atom. The minimum Gasteiger partial charge on any atom is -0.423 e. The van der Waals surface area contributed by atoms with E-state index in [2.05, 4.69) is 5.32 Å². The Hall–Kier alpha value is -2.18. The fraction of sp³-hybridized carbons (Fsp3) is 0.333. The number of carbonyl (C=O) groups excluding carboxylic acids is 1. The first-order valence-corrected chi connectivity index (χ1v) is 6.86. The van der Waals surface area contributed by atoms with Crippen LogP contribution >= 0.6 is 0 Å². The molecule has 0 saturated carbocycles. The van der Waals surface area contributed by atoms with Crippen LogP contribution in [0.2, 0.25) is 0 Å². The third-order valence-electron chi connectivity index (χ3n) is 3.55. The van der Waals surface area contributed by atoms with Gasteiger partial charge in [0.2, 0.25) is 0 Å². The van der Waals surface area contributed by atoms with Crippen LogP contribution in [0.4, 0.5) is 5.69 Å². The normalized spacial score (nSPS) is 21.6. The van der Waals surface area contributed by atoms with Gasteiger partial charge in [-0.25, -0.2) is 4.79 Å². The summed E-state index contributed by atoms with van der Waals surface area (Å²) in [5, 5.41) is 3.56. The summed E-state index contributed by atoms with van der Waals surface area (Å²) in [7, 11) is 0. The first-order chi connectivity index (χ1) is 10.2. The molecule has 1 saturated heterocycles. The Kier molecular flexibility index (Phi) is 3.72. The van der Waals surface area contributed by atoms with Crippen molar-refractivity contribution in [3.05, 3.63) is 40.8 Å². The number of rotatable bonds is 3. The molecule has 2 heterocycles. The molecule has 6 heteroatoms. The predicted octanol–water partition coefficient (Wildman–Crippen LogP) is 1.24. The van der Waals surface area contributed by atoms with Crippen molar-refractivity contribution in [2.75, 3.05) is 11.9 Å². The van der Waals surface area contributed by atoms with E-state index in [4.69, 9.17) is 14.9 Å². The van der Waals surface area contributed by atoms with Crippen LogP contribution in [0.3, 0.4) is 0 Å². The van der Waals surface area contributed by atoms with Crippen LogP contribution in [0, 0.1) is 0 Å². The maximum absolute atomic E-state index is 12.1. The number of anilines is 1. The Morgan fingerprint density at radius 1 is 1.29 bits per heavy atom. The van der Waals surface area contributed by atoms with E-state index in [9.17, 15) is 9.59 Å². The van der Waals surface area contributed by atoms with Gasteiger partial charge in [0.25, 0.3) is 5.91 Å². The maximum Gasteiger partial charge on any atom is 0.336 e. The standard InChI is InChI=1S/C15H16N2O4/c16-8-11-3-5-13(20-11)15(19)17-10-2-4-12-9(7-10)1-6-14(18)21-12/h1-2,4,6-7,11,13H,3,5,8,16H2,(H,17,19)/t11-,13+/m1/s1. The van der Waals surface area contributed by atoms with Gasteiger partial charge in [0, 0.05) is 23.7 Å². The molecular formula is C15H16N2O4. The molecule has 1 aromatic heterocycles. The van der Waals surface area contributed by atoms with Gasteiger partial charge in [0.05, 0.1) is 6.10 Å². The lowest BCUT2D eigenvalue weighted by Crippen LogP contribution is -2.29. The Morgan fingerprint density at radius 2 is 2.14 bits per heavy atom. The Labute approximate surface area is 120 Å². The SMILES string of the molecule is NC[C@H]1CC[C@@H](C(=O)Nc2ccc3oc(=O)ccc3c2)O1. The van der Waals surface area contributed by atoms with Crippen LogP contribution in [-0.2, 0) is 9.53 Å². The lowest BCUT2D eigenvalue weighted by Gasteiger charge is -2.12. The van der Waals surface area contributed by atoms with E-state index in [1.165, 1.54) is 6.07 Å². The van der Waals surface area contributed by atoms with Crippen molar-refractivity contribution in [3.63, 3.8) is 0 Å². The van der Waals surface area contributed by atoms with Gasteiger partial charge in [-0.1, -0.05) is 0 Å². The van der Waals surface area contributed by atoms with E-state index in [0.717, 1.165) is 11.8 Å². The molecule has 0 aliphatic carbocycles. The Balaban J connectivity index is 1.74. The molecule has 3 rings (SSSR count). The quantitative estimate of drug-likeness (QED) is 0.829. The molecule has 2 atom stereocenters. The third-order valence-corrected chi connectivity index (χ3v) is 3.55. The molecule has 6 nitrogen and oxygen atoms in total. The maximum atomic E-state index is 12.1. The third kappa shape index (κ3) is 2.96. The van der Waals surface area contributed by atoms with Crippen molar-refractivity contribution in [2.45, 2.75) is 25.0 Å². The number of hydrogen-bond acceptors (Lipinski definition) is 5. The van der Waals surface area contributed by atoms with Crippen LogP contribution < -0.4 is 16.7 Å². The molecule has 2 aromatic rings. The fourth-order valence-corrected chi connectivity index (χ4v) is 2.44. The average molecular weight is 288 g/mol. The molecule has 1 aliphatic rings. The average Bonchev–Trinajstić information content (AvgIpc) is 2.96. The van der Waals surface area contributed by atoms with E-state index < -0.39 is 11.7 Å². The fourth-order valence-electron chi connectivity index (χ4n) is 2.44. The van der Waals surface area contributed by atoms with Gasteiger partial charge in [-0.15, -0.1) is 0 Å². The highest BCUT2D eigenvalue weighted by molar-refractivity contribution is 5.96. The van der Waals surface area contributed by atoms with E-state index in [0.29, 0.717) is 24.2 Å². The van der Waals surface area contributed by atoms with E-state index in [1.807, 2.05) is 0 Å². The smallest absolute Gasteiger partial charge is 0.336 e. The van der Waals surface area contributed by atoms with Gasteiger partial charge in [-0.05, 0) is 37.1 Å². The van der Waals surface area contributed by atoms with E-state index in [1.54, 1.807) is 24.3 Å². The zero-order valence-corrected chi connectivity index (χ0v) is 11.4. The summed E-state index contributed by atoms with van der Waals surface area (Å²) in [5.74, 6) is -0.178. The van der Waals surface area contributed by atoms with Gasteiger partial charge in [0.1, 0.15) is 11.7 Å². The molecule has 1 amide bonds. The van der Waals surface area contributed by atoms with Crippen molar-refractivity contribution in [1.29, 1.82) is 0 Å². The summed E-state index contributed by atoms with van der Waals surface area (Å²) in [4.78, 5) is 23.2. The second-order valence-corrected chi connectivity index (χ2v) is 5.06. The van der Waals surface area contributed by atoms with Crippen LogP contribution in [0.1, 0.15) is 12.8 Å². The van der Waals surface area contributed by atoms with Crippen LogP contribution in [-0.4, -0.2) is 24.7 Å². The number of hydrogen-bond donors (Lipinski definition) is 2. The second kappa shape index (κ2) is 5.67. The highest BCUT2D eigenvalue weighted by atomic mass is 16.5. The summed E-state index contributed by atoms with van der Waals surface area (Å²) in [6.45, 7) is 0.429. The van der Waals surface area contributed by atoms with E-state index >= 15 is 0 Å². The van der Waals surface area contributed by atoms with Crippen LogP contribution in [0.5, 0.6) is 0 Å². The highest BCUT2D eigenvalue weighted by Gasteiger charge is 2.29. The number of benzene rings is 1. The zero-order chi connectivity index (χ0) is 14.8. The first-order valence-electron chi connectivity index (χ1n) is 6.86. The molecule has 3 N–H and O–H groups in total. The summed E-state index contributed by atoms with van der Waals surface area (Å²) in [5.41, 5.74) is 6.26. The molecule has 110 valence electrons. The minimum absolute atomic E-state index is 0.0355. The predicted molar refractivity (Wildman–Crippen MR) is 78.1 cm³/mol. The summed E-state index contributed by atoms with van der Waals surface area (Å²) in [6.07, 6.45) is 0.989. The summed E-state index contributed by atoms with van der Waals surface area (Å²) < 4.78 is 10.6. The monoisotopic (exact) mass is 288 g/mol. The van der Waals surface area contributed by atoms with Gasteiger partial charge < -0.3 is 20.2 Å². The van der Waals surface area contributed by atoms with Crippen molar-refractivity contribution in [1.82, 2.24) is 0 Å². The van der Waals surface area contributed by atoms with E-state index in [-0.39, 0.29) is 12.0 Å². The molecule has 0 bridgehead atoms. The molecule has 21 heavy (non-hydrogen) atoms. The molecule has 1 aromatic carbocycles. The molecule has 1 aliphatic heterocycles. The molecule has 0 unspecified atom stereocenters. The zero-order valence-electron chi connectivity index (χ0n) is 11.4. The lowest BCUT2D eigenvalue weighted by atomic mass is 10.1. The number of nitrogens with one attached hydrogen (secondary N) is 1. The molecule has 0 radical (unpaired) electrons. The summed E-state index contributed by atoms with van der Waals surface area (Å²) in [6, 6.07) is 8.11. The van der Waals surface area contributed by atoms with Crippen molar-refractivity contribution >= 4 is 22.6 Å². The topological polar surface area (TPSA) is 94.6 Å². The number of fused-ring (bicyclic) bond motifs is 1. The Bertz CT molecular complexity index is 725. The van der Waals surface area contributed by atoms with Crippen molar-refractivity contribution < 1.29 is 13.9 Å². The van der Waals surface area contributed by atoms with Gasteiger partial charge in [-0.2, -0.15) is 0 Å². The first kappa shape index (κ1) is 13.8. The van der Waals surface area contributed by atoms with Gasteiger partial charge >= 0.3 is 5.63 Å². The minimum atomic E-state index is -0.456. The van der Waals surface area contributed by atoms with Gasteiger partial charge in [-0.3, -0.25) is 4.79 Å². The molecular weight excluding hydrogens is 272 g/mol.